The highest BCUT2D eigenvalue weighted by Gasteiger charge is 2.18. The van der Waals surface area contributed by atoms with E-state index in [9.17, 15) is 14.4 Å². The summed E-state index contributed by atoms with van der Waals surface area (Å²) in [6.45, 7) is 1.95. The van der Waals surface area contributed by atoms with E-state index in [0.29, 0.717) is 25.7 Å². The second-order valence-corrected chi connectivity index (χ2v) is 4.23. The molecule has 0 aliphatic heterocycles. The van der Waals surface area contributed by atoms with Crippen molar-refractivity contribution < 1.29 is 19.1 Å². The van der Waals surface area contributed by atoms with Crippen LogP contribution in [-0.4, -0.2) is 30.4 Å². The zero-order valence-corrected chi connectivity index (χ0v) is 11.7. The Hall–Kier alpha value is -2.10. The molecule has 0 aromatic carbocycles. The Bertz CT molecular complexity index is 376. The second kappa shape index (κ2) is 10.8. The Kier molecular flexibility index (Phi) is 9.66. The number of nitrogens with one attached hydrogen (secondary N) is 1. The molecule has 0 aromatic heterocycles. The van der Waals surface area contributed by atoms with Gasteiger partial charge < -0.3 is 15.8 Å². The van der Waals surface area contributed by atoms with E-state index in [0.717, 1.165) is 0 Å². The first-order valence-electron chi connectivity index (χ1n) is 6.62. The zero-order valence-electron chi connectivity index (χ0n) is 11.7. The number of hydrogen-bond donors (Lipinski definition) is 2. The summed E-state index contributed by atoms with van der Waals surface area (Å²) < 4.78 is 4.70. The Morgan fingerprint density at radius 2 is 2.00 bits per heavy atom. The Labute approximate surface area is 118 Å². The van der Waals surface area contributed by atoms with Gasteiger partial charge in [0, 0.05) is 12.8 Å². The van der Waals surface area contributed by atoms with E-state index in [4.69, 9.17) is 15.7 Å². The molecule has 0 unspecified atom stereocenters. The molecule has 0 saturated heterocycles. The molecule has 0 radical (unpaired) electrons. The third-order valence-electron chi connectivity index (χ3n) is 2.57. The largest absolute Gasteiger partial charge is 0.466 e. The lowest BCUT2D eigenvalue weighted by Crippen LogP contribution is -2.44. The van der Waals surface area contributed by atoms with Crippen LogP contribution in [-0.2, 0) is 19.1 Å². The first kappa shape index (κ1) is 17.9. The number of nitrogens with two attached hydrogens (primary N) is 1. The van der Waals surface area contributed by atoms with Gasteiger partial charge in [-0.1, -0.05) is 0 Å². The number of amides is 2. The van der Waals surface area contributed by atoms with Gasteiger partial charge in [-0.3, -0.25) is 14.4 Å². The molecule has 7 heteroatoms. The fraction of sp³-hybridized carbons (Fsp3) is 0.692. The molecule has 0 rings (SSSR count). The van der Waals surface area contributed by atoms with Crippen molar-refractivity contribution in [1.29, 1.82) is 5.26 Å². The van der Waals surface area contributed by atoms with Gasteiger partial charge in [0.25, 0.3) is 0 Å². The minimum Gasteiger partial charge on any atom is -0.466 e. The number of nitrogens with zero attached hydrogens (tertiary/aromatic N) is 1. The fourth-order valence-electron chi connectivity index (χ4n) is 1.55. The molecule has 1 atom stereocenters. The summed E-state index contributed by atoms with van der Waals surface area (Å²) in [5.41, 5.74) is 5.19. The van der Waals surface area contributed by atoms with Crippen LogP contribution in [0.5, 0.6) is 0 Å². The molecule has 7 nitrogen and oxygen atoms in total. The van der Waals surface area contributed by atoms with Crippen molar-refractivity contribution >= 4 is 17.8 Å². The molecule has 0 aromatic rings. The van der Waals surface area contributed by atoms with Crippen LogP contribution in [0.4, 0.5) is 0 Å². The number of unbranched alkanes of at least 4 members (excludes halogenated alkanes) is 2. The summed E-state index contributed by atoms with van der Waals surface area (Å²) in [5, 5.41) is 10.9. The van der Waals surface area contributed by atoms with E-state index >= 15 is 0 Å². The molecule has 0 fully saturated rings. The number of esters is 1. The van der Waals surface area contributed by atoms with Gasteiger partial charge in [0.1, 0.15) is 6.04 Å². The zero-order chi connectivity index (χ0) is 15.4. The maximum atomic E-state index is 11.6. The third kappa shape index (κ3) is 8.91. The maximum absolute atomic E-state index is 11.6. The molecule has 112 valence electrons. The molecule has 20 heavy (non-hydrogen) atoms. The van der Waals surface area contributed by atoms with Crippen LogP contribution in [0.25, 0.3) is 0 Å². The number of primary amides is 1. The van der Waals surface area contributed by atoms with Gasteiger partial charge in [-0.25, -0.2) is 0 Å². The van der Waals surface area contributed by atoms with Crippen LogP contribution in [0.1, 0.15) is 45.4 Å². The molecule has 0 heterocycles. The van der Waals surface area contributed by atoms with Crippen LogP contribution < -0.4 is 11.1 Å². The van der Waals surface area contributed by atoms with Crippen LogP contribution in [0.2, 0.25) is 0 Å². The smallest absolute Gasteiger partial charge is 0.306 e. The first-order valence-corrected chi connectivity index (χ1v) is 6.62. The van der Waals surface area contributed by atoms with Gasteiger partial charge in [-0.15, -0.1) is 0 Å². The average Bonchev–Trinajstić information content (AvgIpc) is 2.40. The molecule has 0 saturated carbocycles. The van der Waals surface area contributed by atoms with Crippen LogP contribution in [0.15, 0.2) is 0 Å². The summed E-state index contributed by atoms with van der Waals surface area (Å²) in [4.78, 5) is 33.9. The summed E-state index contributed by atoms with van der Waals surface area (Å²) in [6, 6.07) is 1.24. The standard InChI is InChI=1S/C13H21N3O4/c1-2-20-12(18)8-7-11(17)16-10(13(15)19)6-4-3-5-9-14/h10H,2-8H2,1H3,(H2,15,19)(H,16,17)/t10-/m1/s1. The van der Waals surface area contributed by atoms with E-state index in [1.54, 1.807) is 6.92 Å². The first-order chi connectivity index (χ1) is 9.51. The molecule has 0 bridgehead atoms. The third-order valence-corrected chi connectivity index (χ3v) is 2.57. The van der Waals surface area contributed by atoms with Crippen molar-refractivity contribution in [3.63, 3.8) is 0 Å². The molecule has 0 spiro atoms. The van der Waals surface area contributed by atoms with Crippen molar-refractivity contribution in [2.45, 2.75) is 51.5 Å². The topological polar surface area (TPSA) is 122 Å². The van der Waals surface area contributed by atoms with Crippen molar-refractivity contribution in [3.05, 3.63) is 0 Å². The second-order valence-electron chi connectivity index (χ2n) is 4.23. The predicted molar refractivity (Wildman–Crippen MR) is 71.1 cm³/mol. The number of hydrogen-bond acceptors (Lipinski definition) is 5. The molecule has 2 amide bonds. The number of carbonyl (C=O) groups is 3. The molecular weight excluding hydrogens is 262 g/mol. The van der Waals surface area contributed by atoms with E-state index in [1.807, 2.05) is 6.07 Å². The highest BCUT2D eigenvalue weighted by molar-refractivity contribution is 5.87. The Morgan fingerprint density at radius 3 is 2.55 bits per heavy atom. The number of ether oxygens (including phenoxy) is 1. The minimum atomic E-state index is -0.761. The lowest BCUT2D eigenvalue weighted by Gasteiger charge is -2.14. The van der Waals surface area contributed by atoms with E-state index < -0.39 is 23.8 Å². The van der Waals surface area contributed by atoms with Crippen LogP contribution >= 0.6 is 0 Å². The molecule has 3 N–H and O–H groups in total. The SMILES string of the molecule is CCOC(=O)CCC(=O)N[C@H](CCCCC#N)C(N)=O. The van der Waals surface area contributed by atoms with E-state index in [-0.39, 0.29) is 19.4 Å². The number of rotatable bonds is 10. The molecule has 0 aliphatic carbocycles. The fourth-order valence-corrected chi connectivity index (χ4v) is 1.55. The molecular formula is C13H21N3O4. The normalized spacial score (nSPS) is 11.2. The Morgan fingerprint density at radius 1 is 1.30 bits per heavy atom. The summed E-state index contributed by atoms with van der Waals surface area (Å²) in [6.07, 6.45) is 2.00. The Balaban J connectivity index is 4.05. The number of carbonyl (C=O) groups excluding carboxylic acids is 3. The van der Waals surface area contributed by atoms with Crippen molar-refractivity contribution in [2.75, 3.05) is 6.61 Å². The predicted octanol–water partition coefficient (Wildman–Crippen LogP) is 0.384. The average molecular weight is 283 g/mol. The lowest BCUT2D eigenvalue weighted by molar-refractivity contribution is -0.144. The quantitative estimate of drug-likeness (QED) is 0.443. The van der Waals surface area contributed by atoms with Gasteiger partial charge in [0.15, 0.2) is 0 Å². The maximum Gasteiger partial charge on any atom is 0.306 e. The van der Waals surface area contributed by atoms with Crippen LogP contribution in [0, 0.1) is 11.3 Å². The van der Waals surface area contributed by atoms with Crippen molar-refractivity contribution in [1.82, 2.24) is 5.32 Å². The van der Waals surface area contributed by atoms with Crippen molar-refractivity contribution in [3.8, 4) is 6.07 Å². The van der Waals surface area contributed by atoms with Gasteiger partial charge in [-0.2, -0.15) is 5.26 Å². The van der Waals surface area contributed by atoms with Crippen molar-refractivity contribution in [2.24, 2.45) is 5.73 Å². The van der Waals surface area contributed by atoms with Crippen LogP contribution in [0.3, 0.4) is 0 Å². The summed E-state index contributed by atoms with van der Waals surface area (Å²) in [7, 11) is 0. The highest BCUT2D eigenvalue weighted by atomic mass is 16.5. The molecule has 0 aliphatic rings. The minimum absolute atomic E-state index is 0.0282. The van der Waals surface area contributed by atoms with Gasteiger partial charge in [0.2, 0.25) is 11.8 Å². The van der Waals surface area contributed by atoms with Gasteiger partial charge >= 0.3 is 5.97 Å². The highest BCUT2D eigenvalue weighted by Crippen LogP contribution is 2.04. The summed E-state index contributed by atoms with van der Waals surface area (Å²) >= 11 is 0. The van der Waals surface area contributed by atoms with E-state index in [1.165, 1.54) is 0 Å². The van der Waals surface area contributed by atoms with Gasteiger partial charge in [-0.05, 0) is 26.2 Å². The van der Waals surface area contributed by atoms with Gasteiger partial charge in [0.05, 0.1) is 19.1 Å². The van der Waals surface area contributed by atoms with E-state index in [2.05, 4.69) is 5.32 Å². The monoisotopic (exact) mass is 283 g/mol. The lowest BCUT2D eigenvalue weighted by atomic mass is 10.1. The summed E-state index contributed by atoms with van der Waals surface area (Å²) in [5.74, 6) is -1.49. The number of nitriles is 1.